The standard InChI is InChI=1S/C7H6AsCl2NO2.ClH/c9-8(10)4-1-2-5(7(12)13)6(11)3-4;/h1-3H,11H2,(H,12,13);1H. The Bertz CT molecular complexity index is 346. The van der Waals surface area contributed by atoms with E-state index in [0.717, 1.165) is 4.35 Å². The Balaban J connectivity index is 0.00000169. The van der Waals surface area contributed by atoms with Crippen molar-refractivity contribution in [3.63, 3.8) is 0 Å². The van der Waals surface area contributed by atoms with Crippen LogP contribution < -0.4 is 10.1 Å². The second kappa shape index (κ2) is 5.72. The van der Waals surface area contributed by atoms with Crippen LogP contribution in [0.15, 0.2) is 18.2 Å². The van der Waals surface area contributed by atoms with Gasteiger partial charge in [0.1, 0.15) is 0 Å². The van der Waals surface area contributed by atoms with E-state index in [9.17, 15) is 4.79 Å². The van der Waals surface area contributed by atoms with Gasteiger partial charge in [0.15, 0.2) is 0 Å². The molecule has 3 nitrogen and oxygen atoms in total. The third-order valence-corrected chi connectivity index (χ3v) is 4.89. The molecule has 0 aliphatic carbocycles. The van der Waals surface area contributed by atoms with Crippen LogP contribution in [0.2, 0.25) is 0 Å². The summed E-state index contributed by atoms with van der Waals surface area (Å²) in [6, 6.07) is 4.53. The maximum absolute atomic E-state index is 10.6. The molecule has 0 spiro atoms. The maximum atomic E-state index is 10.6. The molecule has 0 aliphatic rings. The summed E-state index contributed by atoms with van der Waals surface area (Å²) < 4.78 is 0.735. The quantitative estimate of drug-likeness (QED) is 0.642. The van der Waals surface area contributed by atoms with Crippen LogP contribution in [0.25, 0.3) is 0 Å². The molecule has 0 amide bonds. The van der Waals surface area contributed by atoms with Crippen LogP contribution in [0.1, 0.15) is 10.4 Å². The van der Waals surface area contributed by atoms with Crippen molar-refractivity contribution in [2.45, 2.75) is 0 Å². The molecule has 0 radical (unpaired) electrons. The number of carboxylic acid groups (broad SMARTS) is 1. The summed E-state index contributed by atoms with van der Waals surface area (Å²) >= 11 is -2.00. The van der Waals surface area contributed by atoms with Gasteiger partial charge in [0.05, 0.1) is 0 Å². The van der Waals surface area contributed by atoms with Gasteiger partial charge in [-0.05, 0) is 0 Å². The molecule has 7 heteroatoms. The SMILES string of the molecule is Cl.Nc1cc([As](Cl)Cl)ccc1C(=O)O. The van der Waals surface area contributed by atoms with Gasteiger partial charge in [0, 0.05) is 0 Å². The first-order valence-corrected chi connectivity index (χ1v) is 9.14. The molecule has 0 heterocycles. The van der Waals surface area contributed by atoms with E-state index in [0.29, 0.717) is 0 Å². The molecular formula is C7H7AsCl3NO2. The number of benzene rings is 1. The summed E-state index contributed by atoms with van der Waals surface area (Å²) in [6.45, 7) is 0. The first-order valence-electron chi connectivity index (χ1n) is 3.27. The van der Waals surface area contributed by atoms with E-state index in [1.807, 2.05) is 0 Å². The van der Waals surface area contributed by atoms with Gasteiger partial charge in [-0.15, -0.1) is 12.4 Å². The van der Waals surface area contributed by atoms with Crippen molar-refractivity contribution >= 4 is 61.1 Å². The Morgan fingerprint density at radius 2 is 2.00 bits per heavy atom. The predicted octanol–water partition coefficient (Wildman–Crippen LogP) is 1.56. The molecule has 0 bridgehead atoms. The monoisotopic (exact) mass is 317 g/mol. The van der Waals surface area contributed by atoms with Crippen LogP contribution >= 0.6 is 32.3 Å². The van der Waals surface area contributed by atoms with Crippen molar-refractivity contribution in [2.75, 3.05) is 5.73 Å². The first kappa shape index (κ1) is 13.9. The van der Waals surface area contributed by atoms with Gasteiger partial charge in [-0.25, -0.2) is 0 Å². The van der Waals surface area contributed by atoms with Crippen molar-refractivity contribution in [1.82, 2.24) is 0 Å². The van der Waals surface area contributed by atoms with E-state index >= 15 is 0 Å². The Kier molecular flexibility index (Phi) is 5.68. The third-order valence-electron chi connectivity index (χ3n) is 1.46. The molecule has 3 N–H and O–H groups in total. The van der Waals surface area contributed by atoms with Crippen LogP contribution in [-0.2, 0) is 0 Å². The van der Waals surface area contributed by atoms with Crippen LogP contribution in [0, 0.1) is 0 Å². The van der Waals surface area contributed by atoms with Gasteiger partial charge in [-0.1, -0.05) is 0 Å². The van der Waals surface area contributed by atoms with E-state index in [-0.39, 0.29) is 23.7 Å². The molecule has 1 aromatic rings. The van der Waals surface area contributed by atoms with E-state index in [2.05, 4.69) is 0 Å². The van der Waals surface area contributed by atoms with E-state index in [1.165, 1.54) is 12.1 Å². The van der Waals surface area contributed by atoms with Crippen molar-refractivity contribution < 1.29 is 9.90 Å². The zero-order valence-corrected chi connectivity index (χ0v) is 11.0. The second-order valence-electron chi connectivity index (χ2n) is 2.31. The molecule has 14 heavy (non-hydrogen) atoms. The van der Waals surface area contributed by atoms with Gasteiger partial charge < -0.3 is 0 Å². The molecule has 1 rings (SSSR count). The average molecular weight is 318 g/mol. The fourth-order valence-electron chi connectivity index (χ4n) is 0.850. The number of anilines is 1. The number of nitrogens with two attached hydrogens (primary N) is 1. The fourth-order valence-corrected chi connectivity index (χ4v) is 2.83. The van der Waals surface area contributed by atoms with E-state index in [1.54, 1.807) is 6.07 Å². The van der Waals surface area contributed by atoms with Crippen LogP contribution in [0.5, 0.6) is 0 Å². The first-order chi connectivity index (χ1) is 6.02. The van der Waals surface area contributed by atoms with E-state index < -0.39 is 18.7 Å². The van der Waals surface area contributed by atoms with Gasteiger partial charge in [-0.2, -0.15) is 0 Å². The van der Waals surface area contributed by atoms with Gasteiger partial charge in [0.2, 0.25) is 0 Å². The summed E-state index contributed by atoms with van der Waals surface area (Å²) in [5.74, 6) is -1.05. The number of nitrogen functional groups attached to an aromatic ring is 1. The summed E-state index contributed by atoms with van der Waals surface area (Å²) in [5.41, 5.74) is 5.76. The van der Waals surface area contributed by atoms with Crippen molar-refractivity contribution in [2.24, 2.45) is 0 Å². The predicted molar refractivity (Wildman–Crippen MR) is 62.2 cm³/mol. The molecule has 1 aromatic carbocycles. The summed E-state index contributed by atoms with van der Waals surface area (Å²) in [4.78, 5) is 10.6. The molecule has 0 fully saturated rings. The molecule has 0 atom stereocenters. The average Bonchev–Trinajstić information content (AvgIpc) is 2.03. The zero-order chi connectivity index (χ0) is 10.0. The molecule has 0 saturated carbocycles. The minimum absolute atomic E-state index is 0. The van der Waals surface area contributed by atoms with Crippen molar-refractivity contribution in [3.8, 4) is 0 Å². The molecular weight excluding hydrogens is 311 g/mol. The number of carboxylic acids is 1. The number of halogens is 3. The Morgan fingerprint density at radius 3 is 2.36 bits per heavy atom. The molecule has 0 unspecified atom stereocenters. The zero-order valence-electron chi connectivity index (χ0n) is 6.78. The Hall–Kier alpha value is -0.0816. The van der Waals surface area contributed by atoms with E-state index in [4.69, 9.17) is 30.7 Å². The second-order valence-corrected chi connectivity index (χ2v) is 8.78. The summed E-state index contributed by atoms with van der Waals surface area (Å²) in [7, 11) is 11.4. The van der Waals surface area contributed by atoms with Gasteiger partial charge >= 0.3 is 88.1 Å². The normalized spacial score (nSPS) is 9.64. The molecule has 0 aliphatic heterocycles. The number of hydrogen-bond acceptors (Lipinski definition) is 2. The fraction of sp³-hybridized carbons (Fsp3) is 0. The van der Waals surface area contributed by atoms with Crippen molar-refractivity contribution in [1.29, 1.82) is 0 Å². The number of rotatable bonds is 2. The Labute approximate surface area is 100 Å². The minimum atomic E-state index is -2.00. The topological polar surface area (TPSA) is 63.3 Å². The van der Waals surface area contributed by atoms with Gasteiger partial charge in [-0.3, -0.25) is 0 Å². The molecule has 0 saturated heterocycles. The number of aromatic carboxylic acids is 1. The van der Waals surface area contributed by atoms with Crippen LogP contribution in [0.3, 0.4) is 0 Å². The van der Waals surface area contributed by atoms with Crippen LogP contribution in [-0.4, -0.2) is 23.8 Å². The summed E-state index contributed by atoms with van der Waals surface area (Å²) in [5, 5.41) is 8.66. The number of carbonyl (C=O) groups is 1. The molecule has 0 aromatic heterocycles. The third kappa shape index (κ3) is 3.25. The summed E-state index contributed by atoms with van der Waals surface area (Å²) in [6.07, 6.45) is 0. The number of hydrogen-bond donors (Lipinski definition) is 2. The van der Waals surface area contributed by atoms with Crippen LogP contribution in [0.4, 0.5) is 5.69 Å². The van der Waals surface area contributed by atoms with Gasteiger partial charge in [0.25, 0.3) is 0 Å². The Morgan fingerprint density at radius 1 is 1.43 bits per heavy atom. The molecule has 78 valence electrons. The van der Waals surface area contributed by atoms with Crippen molar-refractivity contribution in [3.05, 3.63) is 23.8 Å².